The molecule has 7 nitrogen and oxygen atoms in total. The summed E-state index contributed by atoms with van der Waals surface area (Å²) in [6.07, 6.45) is 0.402. The van der Waals surface area contributed by atoms with Crippen molar-refractivity contribution in [1.82, 2.24) is 9.78 Å². The Morgan fingerprint density at radius 3 is 2.73 bits per heavy atom. The van der Waals surface area contributed by atoms with Gasteiger partial charge in [-0.15, -0.1) is 0 Å². The Kier molecular flexibility index (Phi) is 5.27. The van der Waals surface area contributed by atoms with Crippen LogP contribution in [-0.4, -0.2) is 27.7 Å². The fourth-order valence-corrected chi connectivity index (χ4v) is 3.61. The number of para-hydroxylation sites is 1. The molecule has 0 spiro atoms. The molecule has 2 aromatic carbocycles. The summed E-state index contributed by atoms with van der Waals surface area (Å²) in [5.74, 6) is 0.296. The van der Waals surface area contributed by atoms with E-state index in [4.69, 9.17) is 4.74 Å². The first kappa shape index (κ1) is 19.7. The van der Waals surface area contributed by atoms with Gasteiger partial charge in [0.15, 0.2) is 6.10 Å². The predicted molar refractivity (Wildman–Crippen MR) is 115 cm³/mol. The Balaban J connectivity index is 1.42. The van der Waals surface area contributed by atoms with Crippen LogP contribution in [0.15, 0.2) is 48.5 Å². The van der Waals surface area contributed by atoms with Gasteiger partial charge in [0, 0.05) is 17.8 Å². The second-order valence-corrected chi connectivity index (χ2v) is 7.41. The third-order valence-corrected chi connectivity index (χ3v) is 5.24. The van der Waals surface area contributed by atoms with Gasteiger partial charge in [-0.2, -0.15) is 5.10 Å². The Morgan fingerprint density at radius 1 is 1.20 bits per heavy atom. The molecule has 1 aromatic heterocycles. The number of ether oxygens (including phenoxy) is 1. The zero-order chi connectivity index (χ0) is 21.3. The lowest BCUT2D eigenvalue weighted by atomic mass is 10.1. The number of hydrogen-bond donors (Lipinski definition) is 2. The van der Waals surface area contributed by atoms with Crippen LogP contribution in [0.3, 0.4) is 0 Å². The van der Waals surface area contributed by atoms with Gasteiger partial charge in [0.2, 0.25) is 5.91 Å². The lowest BCUT2D eigenvalue weighted by Gasteiger charge is -2.23. The monoisotopic (exact) mass is 404 g/mol. The highest BCUT2D eigenvalue weighted by Gasteiger charge is 2.23. The second kappa shape index (κ2) is 8.02. The van der Waals surface area contributed by atoms with E-state index in [2.05, 4.69) is 15.7 Å². The molecule has 154 valence electrons. The van der Waals surface area contributed by atoms with E-state index >= 15 is 0 Å². The number of benzene rings is 2. The quantitative estimate of drug-likeness (QED) is 0.678. The van der Waals surface area contributed by atoms with Crippen LogP contribution in [0.25, 0.3) is 5.69 Å². The average molecular weight is 404 g/mol. The molecule has 0 fully saturated rings. The maximum atomic E-state index is 12.5. The van der Waals surface area contributed by atoms with E-state index in [-0.39, 0.29) is 11.8 Å². The van der Waals surface area contributed by atoms with Crippen LogP contribution in [0.4, 0.5) is 11.4 Å². The SMILES string of the molecule is Cc1nn(-c2ccccc2)c(C)c1CCC(=O)Nc1ccc2c(c1)NC(=O)[C@@H](C)O2. The van der Waals surface area contributed by atoms with Crippen LogP contribution < -0.4 is 15.4 Å². The first-order chi connectivity index (χ1) is 14.4. The lowest BCUT2D eigenvalue weighted by Crippen LogP contribution is -2.34. The standard InChI is InChI=1S/C23H24N4O3/c1-14-19(15(2)27(26-14)18-7-5-4-6-8-18)10-12-22(28)24-17-9-11-21-20(13-17)25-23(29)16(3)30-21/h4-9,11,13,16H,10,12H2,1-3H3,(H,24,28)(H,25,29)/t16-/m1/s1. The molecule has 3 aromatic rings. The van der Waals surface area contributed by atoms with Crippen LogP contribution >= 0.6 is 0 Å². The molecular formula is C23H24N4O3. The molecule has 0 aliphatic carbocycles. The second-order valence-electron chi connectivity index (χ2n) is 7.41. The van der Waals surface area contributed by atoms with Gasteiger partial charge in [0.25, 0.3) is 5.91 Å². The van der Waals surface area contributed by atoms with Crippen LogP contribution in [0, 0.1) is 13.8 Å². The number of carbonyl (C=O) groups excluding carboxylic acids is 2. The summed E-state index contributed by atoms with van der Waals surface area (Å²) in [5.41, 5.74) is 5.22. The lowest BCUT2D eigenvalue weighted by molar-refractivity contribution is -0.122. The van der Waals surface area contributed by atoms with Gasteiger partial charge in [0.1, 0.15) is 5.75 Å². The van der Waals surface area contributed by atoms with E-state index in [9.17, 15) is 9.59 Å². The summed E-state index contributed by atoms with van der Waals surface area (Å²) in [6.45, 7) is 5.68. The number of nitrogens with zero attached hydrogens (tertiary/aromatic N) is 2. The third kappa shape index (κ3) is 3.91. The zero-order valence-corrected chi connectivity index (χ0v) is 17.2. The van der Waals surface area contributed by atoms with Crippen LogP contribution in [0.5, 0.6) is 5.75 Å². The molecule has 0 radical (unpaired) electrons. The van der Waals surface area contributed by atoms with Crippen molar-refractivity contribution in [3.63, 3.8) is 0 Å². The fraction of sp³-hybridized carbons (Fsp3) is 0.261. The van der Waals surface area contributed by atoms with Gasteiger partial charge < -0.3 is 15.4 Å². The van der Waals surface area contributed by atoms with Gasteiger partial charge in [-0.1, -0.05) is 18.2 Å². The number of amides is 2. The van der Waals surface area contributed by atoms with E-state index in [0.717, 1.165) is 22.6 Å². The molecule has 30 heavy (non-hydrogen) atoms. The van der Waals surface area contributed by atoms with Crippen molar-refractivity contribution in [3.8, 4) is 11.4 Å². The molecule has 0 unspecified atom stereocenters. The molecule has 1 aliphatic heterocycles. The molecule has 2 N–H and O–H groups in total. The molecule has 1 atom stereocenters. The van der Waals surface area contributed by atoms with Crippen LogP contribution in [-0.2, 0) is 16.0 Å². The maximum Gasteiger partial charge on any atom is 0.265 e. The molecule has 7 heteroatoms. The van der Waals surface area contributed by atoms with Gasteiger partial charge in [-0.3, -0.25) is 9.59 Å². The largest absolute Gasteiger partial charge is 0.479 e. The topological polar surface area (TPSA) is 85.3 Å². The van der Waals surface area contributed by atoms with E-state index < -0.39 is 6.10 Å². The number of anilines is 2. The molecule has 0 bridgehead atoms. The van der Waals surface area contributed by atoms with E-state index in [1.165, 1.54) is 0 Å². The van der Waals surface area contributed by atoms with Gasteiger partial charge in [-0.05, 0) is 63.1 Å². The van der Waals surface area contributed by atoms with E-state index in [0.29, 0.717) is 30.0 Å². The fourth-order valence-electron chi connectivity index (χ4n) is 3.61. The molecular weight excluding hydrogens is 380 g/mol. The Morgan fingerprint density at radius 2 is 1.97 bits per heavy atom. The summed E-state index contributed by atoms with van der Waals surface area (Å²) >= 11 is 0. The minimum absolute atomic E-state index is 0.0994. The smallest absolute Gasteiger partial charge is 0.265 e. The van der Waals surface area contributed by atoms with Gasteiger partial charge in [0.05, 0.1) is 17.1 Å². The van der Waals surface area contributed by atoms with Crippen molar-refractivity contribution in [1.29, 1.82) is 0 Å². The molecule has 2 amide bonds. The molecule has 4 rings (SSSR count). The van der Waals surface area contributed by atoms with Crippen LogP contribution in [0.2, 0.25) is 0 Å². The summed E-state index contributed by atoms with van der Waals surface area (Å²) in [4.78, 5) is 24.3. The molecule has 0 saturated heterocycles. The molecule has 0 saturated carbocycles. The van der Waals surface area contributed by atoms with Crippen molar-refractivity contribution in [2.45, 2.75) is 39.7 Å². The maximum absolute atomic E-state index is 12.5. The molecule has 2 heterocycles. The minimum atomic E-state index is -0.527. The van der Waals surface area contributed by atoms with E-state index in [1.54, 1.807) is 25.1 Å². The average Bonchev–Trinajstić information content (AvgIpc) is 3.02. The van der Waals surface area contributed by atoms with Crippen molar-refractivity contribution in [2.24, 2.45) is 0 Å². The summed E-state index contributed by atoms with van der Waals surface area (Å²) in [5, 5.41) is 10.3. The van der Waals surface area contributed by atoms with Crippen molar-refractivity contribution >= 4 is 23.2 Å². The number of carbonyl (C=O) groups is 2. The Bertz CT molecular complexity index is 1110. The van der Waals surface area contributed by atoms with Crippen molar-refractivity contribution in [3.05, 3.63) is 65.5 Å². The zero-order valence-electron chi connectivity index (χ0n) is 17.2. The predicted octanol–water partition coefficient (Wildman–Crippen LogP) is 3.78. The first-order valence-electron chi connectivity index (χ1n) is 9.94. The Labute approximate surface area is 175 Å². The number of fused-ring (bicyclic) bond motifs is 1. The summed E-state index contributed by atoms with van der Waals surface area (Å²) in [7, 11) is 0. The number of aryl methyl sites for hydroxylation is 1. The van der Waals surface area contributed by atoms with Crippen LogP contribution in [0.1, 0.15) is 30.3 Å². The number of nitrogens with one attached hydrogen (secondary N) is 2. The van der Waals surface area contributed by atoms with Gasteiger partial charge >= 0.3 is 0 Å². The molecule has 1 aliphatic rings. The first-order valence-corrected chi connectivity index (χ1v) is 9.94. The normalized spacial score (nSPS) is 15.2. The van der Waals surface area contributed by atoms with E-state index in [1.807, 2.05) is 48.9 Å². The third-order valence-electron chi connectivity index (χ3n) is 5.24. The minimum Gasteiger partial charge on any atom is -0.479 e. The van der Waals surface area contributed by atoms with Crippen molar-refractivity contribution in [2.75, 3.05) is 10.6 Å². The van der Waals surface area contributed by atoms with Gasteiger partial charge in [-0.25, -0.2) is 4.68 Å². The summed E-state index contributed by atoms with van der Waals surface area (Å²) in [6, 6.07) is 15.2. The number of hydrogen-bond acceptors (Lipinski definition) is 4. The Hall–Kier alpha value is -3.61. The van der Waals surface area contributed by atoms with Crippen molar-refractivity contribution < 1.29 is 14.3 Å². The highest BCUT2D eigenvalue weighted by atomic mass is 16.5. The number of rotatable bonds is 5. The highest BCUT2D eigenvalue weighted by Crippen LogP contribution is 2.32. The highest BCUT2D eigenvalue weighted by molar-refractivity contribution is 5.99. The number of aromatic nitrogens is 2. The summed E-state index contributed by atoms with van der Waals surface area (Å²) < 4.78 is 7.45.